The van der Waals surface area contributed by atoms with Crippen molar-refractivity contribution < 1.29 is 14.3 Å². The third kappa shape index (κ3) is 4.25. The van der Waals surface area contributed by atoms with Gasteiger partial charge in [-0.3, -0.25) is 4.90 Å². The third-order valence-corrected chi connectivity index (χ3v) is 3.79. The van der Waals surface area contributed by atoms with E-state index in [1.165, 1.54) is 6.07 Å². The lowest BCUT2D eigenvalue weighted by Gasteiger charge is -2.35. The van der Waals surface area contributed by atoms with Gasteiger partial charge in [0, 0.05) is 44.8 Å². The van der Waals surface area contributed by atoms with Gasteiger partial charge in [0.25, 0.3) is 0 Å². The average Bonchev–Trinajstić information content (AvgIpc) is 2.42. The molecule has 0 atom stereocenters. The second-order valence-corrected chi connectivity index (χ2v) is 6.05. The SMILES string of the molecule is CC(C)CN1CCN(Cc2cccc(C(=O)O)c2F)CC1. The molecule has 0 unspecified atom stereocenters. The molecule has 1 heterocycles. The predicted octanol–water partition coefficient (Wildman–Crippen LogP) is 2.30. The summed E-state index contributed by atoms with van der Waals surface area (Å²) < 4.78 is 14.1. The van der Waals surface area contributed by atoms with Crippen molar-refractivity contribution in [3.8, 4) is 0 Å². The summed E-state index contributed by atoms with van der Waals surface area (Å²) in [4.78, 5) is 15.6. The minimum atomic E-state index is -1.21. The number of aromatic carboxylic acids is 1. The molecule has 0 amide bonds. The number of hydrogen-bond acceptors (Lipinski definition) is 3. The van der Waals surface area contributed by atoms with Crippen molar-refractivity contribution in [2.75, 3.05) is 32.7 Å². The summed E-state index contributed by atoms with van der Waals surface area (Å²) >= 11 is 0. The number of piperazine rings is 1. The number of hydrogen-bond donors (Lipinski definition) is 1. The van der Waals surface area contributed by atoms with Gasteiger partial charge < -0.3 is 10.0 Å². The van der Waals surface area contributed by atoms with Crippen molar-refractivity contribution >= 4 is 5.97 Å². The van der Waals surface area contributed by atoms with Crippen LogP contribution in [0.25, 0.3) is 0 Å². The summed E-state index contributed by atoms with van der Waals surface area (Å²) in [5.41, 5.74) is 0.221. The number of rotatable bonds is 5. The Balaban J connectivity index is 1.95. The lowest BCUT2D eigenvalue weighted by atomic mass is 10.1. The summed E-state index contributed by atoms with van der Waals surface area (Å²) in [5, 5.41) is 8.95. The van der Waals surface area contributed by atoms with Crippen molar-refractivity contribution in [1.82, 2.24) is 9.80 Å². The Kier molecular flexibility index (Phi) is 5.31. The first-order chi connectivity index (χ1) is 9.97. The standard InChI is InChI=1S/C16H23FN2O2/c1-12(2)10-18-6-8-19(9-7-18)11-13-4-3-5-14(15(13)17)16(20)21/h3-5,12H,6-11H2,1-2H3,(H,20,21). The maximum atomic E-state index is 14.1. The van der Waals surface area contributed by atoms with Crippen LogP contribution in [-0.2, 0) is 6.54 Å². The van der Waals surface area contributed by atoms with Gasteiger partial charge in [-0.1, -0.05) is 26.0 Å². The second kappa shape index (κ2) is 7.00. The van der Waals surface area contributed by atoms with Crippen LogP contribution < -0.4 is 0 Å². The van der Waals surface area contributed by atoms with Crippen LogP contribution in [0.15, 0.2) is 18.2 Å². The van der Waals surface area contributed by atoms with Crippen LogP contribution in [0.5, 0.6) is 0 Å². The largest absolute Gasteiger partial charge is 0.478 e. The quantitative estimate of drug-likeness (QED) is 0.905. The molecule has 0 aromatic heterocycles. The lowest BCUT2D eigenvalue weighted by Crippen LogP contribution is -2.47. The van der Waals surface area contributed by atoms with Gasteiger partial charge in [0.2, 0.25) is 0 Å². The Morgan fingerprint density at radius 2 is 1.86 bits per heavy atom. The minimum Gasteiger partial charge on any atom is -0.478 e. The van der Waals surface area contributed by atoms with Crippen LogP contribution in [0.2, 0.25) is 0 Å². The normalized spacial score (nSPS) is 17.3. The second-order valence-electron chi connectivity index (χ2n) is 6.05. The molecule has 0 spiro atoms. The third-order valence-electron chi connectivity index (χ3n) is 3.79. The highest BCUT2D eigenvalue weighted by atomic mass is 19.1. The predicted molar refractivity (Wildman–Crippen MR) is 79.9 cm³/mol. The molecule has 1 aliphatic rings. The molecule has 1 fully saturated rings. The highest BCUT2D eigenvalue weighted by molar-refractivity contribution is 5.88. The van der Waals surface area contributed by atoms with Crippen LogP contribution in [-0.4, -0.2) is 53.6 Å². The van der Waals surface area contributed by atoms with E-state index >= 15 is 0 Å². The van der Waals surface area contributed by atoms with E-state index in [-0.39, 0.29) is 5.56 Å². The average molecular weight is 294 g/mol. The number of benzene rings is 1. The molecule has 1 aromatic rings. The first-order valence-corrected chi connectivity index (χ1v) is 7.42. The number of carbonyl (C=O) groups is 1. The number of nitrogens with zero attached hydrogens (tertiary/aromatic N) is 2. The molecule has 0 bridgehead atoms. The molecular weight excluding hydrogens is 271 g/mol. The molecule has 1 saturated heterocycles. The Hall–Kier alpha value is -1.46. The summed E-state index contributed by atoms with van der Waals surface area (Å²) in [7, 11) is 0. The van der Waals surface area contributed by atoms with Gasteiger partial charge in [-0.05, 0) is 12.0 Å². The fourth-order valence-electron chi connectivity index (χ4n) is 2.75. The topological polar surface area (TPSA) is 43.8 Å². The first kappa shape index (κ1) is 15.9. The van der Waals surface area contributed by atoms with Gasteiger partial charge in [-0.25, -0.2) is 9.18 Å². The van der Waals surface area contributed by atoms with Gasteiger partial charge in [-0.2, -0.15) is 0 Å². The molecule has 4 nitrogen and oxygen atoms in total. The molecule has 1 aliphatic heterocycles. The van der Waals surface area contributed by atoms with Gasteiger partial charge in [0.1, 0.15) is 5.82 Å². The van der Waals surface area contributed by atoms with Gasteiger partial charge in [0.05, 0.1) is 5.56 Å². The number of carboxylic acid groups (broad SMARTS) is 1. The summed E-state index contributed by atoms with van der Waals surface area (Å²) in [6, 6.07) is 4.58. The summed E-state index contributed by atoms with van der Waals surface area (Å²) in [5.74, 6) is -1.16. The highest BCUT2D eigenvalue weighted by Gasteiger charge is 2.20. The van der Waals surface area contributed by atoms with Gasteiger partial charge in [0.15, 0.2) is 0 Å². The molecule has 21 heavy (non-hydrogen) atoms. The molecule has 1 aromatic carbocycles. The fraction of sp³-hybridized carbons (Fsp3) is 0.562. The molecule has 1 N–H and O–H groups in total. The summed E-state index contributed by atoms with van der Waals surface area (Å²) in [6.07, 6.45) is 0. The molecule has 116 valence electrons. The van der Waals surface area contributed by atoms with E-state index in [0.29, 0.717) is 18.0 Å². The molecular formula is C16H23FN2O2. The van der Waals surface area contributed by atoms with Crippen molar-refractivity contribution in [3.63, 3.8) is 0 Å². The van der Waals surface area contributed by atoms with E-state index in [1.807, 2.05) is 0 Å². The highest BCUT2D eigenvalue weighted by Crippen LogP contribution is 2.16. The number of carboxylic acids is 1. The van der Waals surface area contributed by atoms with Crippen LogP contribution >= 0.6 is 0 Å². The smallest absolute Gasteiger partial charge is 0.338 e. The van der Waals surface area contributed by atoms with E-state index < -0.39 is 11.8 Å². The van der Waals surface area contributed by atoms with E-state index in [0.717, 1.165) is 32.7 Å². The van der Waals surface area contributed by atoms with Crippen LogP contribution in [0, 0.1) is 11.7 Å². The molecule has 2 rings (SSSR count). The minimum absolute atomic E-state index is 0.244. The monoisotopic (exact) mass is 294 g/mol. The fourth-order valence-corrected chi connectivity index (χ4v) is 2.75. The Morgan fingerprint density at radius 3 is 2.43 bits per heavy atom. The Labute approximate surface area is 125 Å². The summed E-state index contributed by atoms with van der Waals surface area (Å²) in [6.45, 7) is 9.74. The van der Waals surface area contributed by atoms with Gasteiger partial charge >= 0.3 is 5.97 Å². The van der Waals surface area contributed by atoms with Crippen molar-refractivity contribution in [1.29, 1.82) is 0 Å². The van der Waals surface area contributed by atoms with E-state index in [2.05, 4.69) is 23.6 Å². The molecule has 0 saturated carbocycles. The van der Waals surface area contributed by atoms with E-state index in [4.69, 9.17) is 5.11 Å². The Bertz CT molecular complexity index is 497. The zero-order valence-corrected chi connectivity index (χ0v) is 12.7. The van der Waals surface area contributed by atoms with E-state index in [1.54, 1.807) is 12.1 Å². The van der Waals surface area contributed by atoms with Crippen LogP contribution in [0.4, 0.5) is 4.39 Å². The zero-order chi connectivity index (χ0) is 15.4. The molecule has 0 radical (unpaired) electrons. The van der Waals surface area contributed by atoms with E-state index in [9.17, 15) is 9.18 Å². The molecule has 5 heteroatoms. The van der Waals surface area contributed by atoms with Crippen molar-refractivity contribution in [2.45, 2.75) is 20.4 Å². The zero-order valence-electron chi connectivity index (χ0n) is 12.7. The maximum absolute atomic E-state index is 14.1. The van der Waals surface area contributed by atoms with Gasteiger partial charge in [-0.15, -0.1) is 0 Å². The van der Waals surface area contributed by atoms with Crippen LogP contribution in [0.1, 0.15) is 29.8 Å². The maximum Gasteiger partial charge on any atom is 0.338 e. The van der Waals surface area contributed by atoms with Crippen LogP contribution in [0.3, 0.4) is 0 Å². The lowest BCUT2D eigenvalue weighted by molar-refractivity contribution is 0.0691. The van der Waals surface area contributed by atoms with Crippen molar-refractivity contribution in [2.24, 2.45) is 5.92 Å². The first-order valence-electron chi connectivity index (χ1n) is 7.42. The molecule has 0 aliphatic carbocycles. The number of halogens is 1. The Morgan fingerprint density at radius 1 is 1.24 bits per heavy atom. The van der Waals surface area contributed by atoms with Crippen molar-refractivity contribution in [3.05, 3.63) is 35.1 Å².